The molecule has 0 aliphatic carbocycles. The molecular weight excluding hydrogens is 1030 g/mol. The van der Waals surface area contributed by atoms with Crippen molar-refractivity contribution in [1.29, 1.82) is 0 Å². The molecule has 8 rings (SSSR count). The van der Waals surface area contributed by atoms with Gasteiger partial charge in [0, 0.05) is 99.8 Å². The summed E-state index contributed by atoms with van der Waals surface area (Å²) in [5.74, 6) is 3.08. The molecule has 0 aromatic heterocycles. The number of likely N-dealkylation sites (tertiary alicyclic amines) is 1. The second-order valence-corrected chi connectivity index (χ2v) is 20.0. The number of nitro groups is 2. The van der Waals surface area contributed by atoms with Crippen LogP contribution in [0, 0.1) is 32.1 Å². The van der Waals surface area contributed by atoms with Crippen molar-refractivity contribution in [3.05, 3.63) is 116 Å². The van der Waals surface area contributed by atoms with E-state index in [0.717, 1.165) is 107 Å². The zero-order chi connectivity index (χ0) is 56.4. The number of halogens is 6. The predicted octanol–water partition coefficient (Wildman–Crippen LogP) is 11.2. The largest absolute Gasteiger partial charge is 0.494 e. The lowest BCUT2D eigenvalue weighted by Gasteiger charge is -2.38. The van der Waals surface area contributed by atoms with Gasteiger partial charge in [0.05, 0.1) is 23.1 Å². The van der Waals surface area contributed by atoms with E-state index in [0.29, 0.717) is 45.0 Å². The van der Waals surface area contributed by atoms with E-state index in [1.54, 1.807) is 9.80 Å². The van der Waals surface area contributed by atoms with Crippen molar-refractivity contribution in [3.63, 3.8) is 0 Å². The highest BCUT2D eigenvalue weighted by molar-refractivity contribution is 5.74. The molecule has 0 atom stereocenters. The number of piperidine rings is 4. The average molecular weight is 1100 g/mol. The summed E-state index contributed by atoms with van der Waals surface area (Å²) in [6, 6.07) is 22.5. The summed E-state index contributed by atoms with van der Waals surface area (Å²) >= 11 is 0. The summed E-state index contributed by atoms with van der Waals surface area (Å²) in [6.07, 6.45) is -2.27. The van der Waals surface area contributed by atoms with Crippen LogP contribution in [-0.4, -0.2) is 131 Å². The minimum Gasteiger partial charge on any atom is -0.494 e. The number of rotatable bonds is 16. The maximum Gasteiger partial charge on any atom is 0.423 e. The molecule has 2 amide bonds. The van der Waals surface area contributed by atoms with Gasteiger partial charge in [0.2, 0.25) is 0 Å². The van der Waals surface area contributed by atoms with Gasteiger partial charge in [-0.3, -0.25) is 20.2 Å². The number of anilines is 4. The number of nitrogens with one attached hydrogen (secondary N) is 4. The number of alkyl halides is 6. The molecule has 0 radical (unpaired) electrons. The number of urea groups is 1. The van der Waals surface area contributed by atoms with Gasteiger partial charge in [-0.15, -0.1) is 0 Å². The minimum atomic E-state index is -4.83. The minimum absolute atomic E-state index is 0.0397. The Labute approximate surface area is 452 Å². The molecule has 17 nitrogen and oxygen atoms in total. The summed E-state index contributed by atoms with van der Waals surface area (Å²) < 4.78 is 89.4. The van der Waals surface area contributed by atoms with Gasteiger partial charge in [-0.25, -0.2) is 4.79 Å². The maximum atomic E-state index is 13.3. The Bertz CT molecular complexity index is 2510. The number of hydrogen-bond acceptors (Lipinski definition) is 13. The van der Waals surface area contributed by atoms with Gasteiger partial charge in [-0.2, -0.15) is 26.3 Å². The molecule has 4 heterocycles. The van der Waals surface area contributed by atoms with Crippen molar-refractivity contribution < 1.29 is 50.5 Å². The van der Waals surface area contributed by atoms with E-state index in [1.165, 1.54) is 49.4 Å². The molecule has 4 aromatic rings. The molecular formula is C55H74F6N10O7. The Morgan fingerprint density at radius 3 is 1.42 bits per heavy atom. The van der Waals surface area contributed by atoms with E-state index >= 15 is 0 Å². The van der Waals surface area contributed by atoms with E-state index in [4.69, 9.17) is 9.47 Å². The van der Waals surface area contributed by atoms with Crippen LogP contribution in [0.1, 0.15) is 76.3 Å². The second-order valence-electron chi connectivity index (χ2n) is 20.0. The van der Waals surface area contributed by atoms with Gasteiger partial charge in [-0.05, 0) is 177 Å². The van der Waals surface area contributed by atoms with E-state index in [-0.39, 0.29) is 29.5 Å². The Balaban J connectivity index is 0.000000215. The molecule has 4 fully saturated rings. The van der Waals surface area contributed by atoms with Crippen LogP contribution in [-0.2, 0) is 12.4 Å². The van der Waals surface area contributed by atoms with Crippen molar-refractivity contribution in [3.8, 4) is 11.5 Å². The van der Waals surface area contributed by atoms with Gasteiger partial charge in [0.1, 0.15) is 22.6 Å². The van der Waals surface area contributed by atoms with E-state index < -0.39 is 44.7 Å². The van der Waals surface area contributed by atoms with Crippen molar-refractivity contribution in [2.45, 2.75) is 89.7 Å². The summed E-state index contributed by atoms with van der Waals surface area (Å²) in [5.41, 5.74) is -1.46. The number of hydrogen-bond donors (Lipinski definition) is 4. The lowest BCUT2D eigenvalue weighted by atomic mass is 9.96. The van der Waals surface area contributed by atoms with E-state index in [1.807, 2.05) is 40.1 Å². The van der Waals surface area contributed by atoms with Gasteiger partial charge >= 0.3 is 18.4 Å². The van der Waals surface area contributed by atoms with Crippen molar-refractivity contribution >= 4 is 40.2 Å². The SMILES string of the molecule is CCOc1ccc(N2CCC(CN(C)C(=O)N3CCC(Nc4ccc([N+](=O)[O-])c(C(F)(F)F)c4)CC3)CC2)cc1.CCOc1ccc(N2CCC(CNC)CC2)cc1.O=[N+]([O-])c1ccc(NC2CCNCC2)cc1C(F)(F)F. The van der Waals surface area contributed by atoms with Crippen LogP contribution in [0.5, 0.6) is 11.5 Å². The van der Waals surface area contributed by atoms with Gasteiger partial charge in [-0.1, -0.05) is 0 Å². The quantitative estimate of drug-likeness (QED) is 0.0473. The zero-order valence-corrected chi connectivity index (χ0v) is 44.8. The Morgan fingerprint density at radius 2 is 1.04 bits per heavy atom. The molecule has 4 aromatic carbocycles. The first-order chi connectivity index (χ1) is 37.3. The molecule has 4 N–H and O–H groups in total. The van der Waals surface area contributed by atoms with Crippen LogP contribution in [0.15, 0.2) is 84.9 Å². The van der Waals surface area contributed by atoms with E-state index in [9.17, 15) is 51.4 Å². The third-order valence-corrected chi connectivity index (χ3v) is 14.4. The smallest absolute Gasteiger partial charge is 0.423 e. The van der Waals surface area contributed by atoms with Gasteiger partial charge in [0.15, 0.2) is 0 Å². The fourth-order valence-corrected chi connectivity index (χ4v) is 10.3. The number of carbonyl (C=O) groups excluding carboxylic acids is 1. The fraction of sp³-hybridized carbons (Fsp3) is 0.545. The number of benzene rings is 4. The fourth-order valence-electron chi connectivity index (χ4n) is 10.3. The average Bonchev–Trinajstić information content (AvgIpc) is 3.44. The molecule has 4 aliphatic rings. The number of nitro benzene ring substituents is 2. The van der Waals surface area contributed by atoms with E-state index in [2.05, 4.69) is 67.5 Å². The Kier molecular flexibility index (Phi) is 22.3. The normalized spacial score (nSPS) is 17.0. The molecule has 0 spiro atoms. The third-order valence-electron chi connectivity index (χ3n) is 14.4. The molecule has 4 aliphatic heterocycles. The van der Waals surface area contributed by atoms with Crippen LogP contribution in [0.25, 0.3) is 0 Å². The summed E-state index contributed by atoms with van der Waals surface area (Å²) in [5, 5.41) is 34.1. The number of carbonyl (C=O) groups is 1. The van der Waals surface area contributed by atoms with Crippen molar-refractivity contribution in [1.82, 2.24) is 20.4 Å². The maximum absolute atomic E-state index is 13.3. The Morgan fingerprint density at radius 1 is 0.628 bits per heavy atom. The molecule has 0 saturated carbocycles. The first-order valence-corrected chi connectivity index (χ1v) is 26.8. The number of nitrogens with zero attached hydrogens (tertiary/aromatic N) is 6. The summed E-state index contributed by atoms with van der Waals surface area (Å²) in [7, 11) is 3.86. The lowest BCUT2D eigenvalue weighted by molar-refractivity contribution is -0.388. The number of amides is 2. The third kappa shape index (κ3) is 17.9. The molecule has 428 valence electrons. The molecule has 23 heteroatoms. The monoisotopic (exact) mass is 1100 g/mol. The highest BCUT2D eigenvalue weighted by Gasteiger charge is 2.40. The second kappa shape index (κ2) is 28.7. The van der Waals surface area contributed by atoms with Crippen molar-refractivity contribution in [2.24, 2.45) is 11.8 Å². The highest BCUT2D eigenvalue weighted by Crippen LogP contribution is 2.39. The molecule has 78 heavy (non-hydrogen) atoms. The number of ether oxygens (including phenoxy) is 2. The van der Waals surface area contributed by atoms with Gasteiger partial charge < -0.3 is 50.3 Å². The predicted molar refractivity (Wildman–Crippen MR) is 291 cm³/mol. The molecule has 0 bridgehead atoms. The zero-order valence-electron chi connectivity index (χ0n) is 44.8. The highest BCUT2D eigenvalue weighted by atomic mass is 19.4. The van der Waals surface area contributed by atoms with Crippen molar-refractivity contribution in [2.75, 3.05) is 113 Å². The van der Waals surface area contributed by atoms with Crippen LogP contribution < -0.4 is 40.5 Å². The van der Waals surface area contributed by atoms with Crippen LogP contribution in [0.4, 0.5) is 65.3 Å². The van der Waals surface area contributed by atoms with Gasteiger partial charge in [0.25, 0.3) is 11.4 Å². The Hall–Kier alpha value is -6.75. The van der Waals surface area contributed by atoms with Crippen LogP contribution in [0.2, 0.25) is 0 Å². The standard InChI is InChI=1S/C28H36F3N5O4.C15H24N2O.C12H14F3N3O2/c1-3-40-24-7-5-23(6-8-24)34-14-10-20(11-15-34)19-33(2)27(37)35-16-12-21(13-17-35)32-22-4-9-26(36(38)39)25(18-22)28(29,30)31;1-3-18-15-6-4-14(5-7-15)17-10-8-13(9-11-17)12-16-2;13-12(14,15)10-7-9(1-2-11(10)18(19)20)17-8-3-5-16-6-4-8/h4-9,18,20-21,32H,3,10-17,19H2,1-2H3;4-7,13,16H,3,8-12H2,1-2H3;1-2,7-8,16-17H,3-6H2. The van der Waals surface area contributed by atoms with Crippen LogP contribution in [0.3, 0.4) is 0 Å². The first-order valence-electron chi connectivity index (χ1n) is 26.8. The molecule has 4 saturated heterocycles. The van der Waals surface area contributed by atoms with Crippen LogP contribution >= 0.6 is 0 Å². The first kappa shape index (κ1) is 60.5. The topological polar surface area (TPSA) is 183 Å². The summed E-state index contributed by atoms with van der Waals surface area (Å²) in [6.45, 7) is 13.9. The lowest BCUT2D eigenvalue weighted by Crippen LogP contribution is -2.49. The summed E-state index contributed by atoms with van der Waals surface area (Å²) in [4.78, 5) is 41.1. The molecule has 0 unspecified atom stereocenters.